The van der Waals surface area contributed by atoms with E-state index < -0.39 is 0 Å². The van der Waals surface area contributed by atoms with Crippen molar-refractivity contribution in [1.29, 1.82) is 0 Å². The first kappa shape index (κ1) is 18.2. The first-order chi connectivity index (χ1) is 10.7. The molecule has 1 amide bonds. The second-order valence-electron chi connectivity index (χ2n) is 6.52. The predicted molar refractivity (Wildman–Crippen MR) is 88.2 cm³/mol. The van der Waals surface area contributed by atoms with E-state index in [1.807, 2.05) is 4.90 Å². The van der Waals surface area contributed by atoms with E-state index in [4.69, 9.17) is 0 Å². The highest BCUT2D eigenvalue weighted by Crippen LogP contribution is 2.36. The summed E-state index contributed by atoms with van der Waals surface area (Å²) < 4.78 is 1.75. The highest BCUT2D eigenvalue weighted by Gasteiger charge is 2.43. The number of rotatable bonds is 4. The Kier molecular flexibility index (Phi) is 6.38. The van der Waals surface area contributed by atoms with Crippen LogP contribution >= 0.6 is 12.4 Å². The number of amides is 1. The number of likely N-dealkylation sites (tertiary alicyclic amines) is 1. The zero-order valence-electron chi connectivity index (χ0n) is 13.4. The van der Waals surface area contributed by atoms with Gasteiger partial charge >= 0.3 is 0 Å². The van der Waals surface area contributed by atoms with Gasteiger partial charge in [0.2, 0.25) is 5.91 Å². The molecule has 2 N–H and O–H groups in total. The van der Waals surface area contributed by atoms with Crippen molar-refractivity contribution in [3.05, 3.63) is 12.7 Å². The number of carbonyl (C=O) groups is 1. The Balaban J connectivity index is 0.00000192. The summed E-state index contributed by atoms with van der Waals surface area (Å²) in [6.07, 6.45) is 6.95. The Bertz CT molecular complexity index is 494. The fourth-order valence-electron chi connectivity index (χ4n) is 3.69. The normalized spacial score (nSPS) is 27.7. The Morgan fingerprint density at radius 3 is 3.09 bits per heavy atom. The molecule has 2 atom stereocenters. The van der Waals surface area contributed by atoms with E-state index >= 15 is 0 Å². The lowest BCUT2D eigenvalue weighted by atomic mass is 9.72. The third-order valence-corrected chi connectivity index (χ3v) is 4.98. The van der Waals surface area contributed by atoms with Crippen molar-refractivity contribution in [2.24, 2.45) is 5.41 Å². The standard InChI is InChI=1S/C15H25N5O2.ClH/c21-13-4-6-16-9-15(13)5-2-7-19(10-15)14(22)3-1-8-20-12-17-11-18-20;/h11-13,16,21H,1-10H2;1H/t13-,15-;/m0./s1. The summed E-state index contributed by atoms with van der Waals surface area (Å²) in [6, 6.07) is 0. The predicted octanol–water partition coefficient (Wildman–Crippen LogP) is 0.443. The van der Waals surface area contributed by atoms with Gasteiger partial charge in [-0.2, -0.15) is 5.10 Å². The lowest BCUT2D eigenvalue weighted by Gasteiger charge is -2.48. The maximum Gasteiger partial charge on any atom is 0.222 e. The van der Waals surface area contributed by atoms with E-state index in [1.54, 1.807) is 11.0 Å². The topological polar surface area (TPSA) is 83.3 Å². The molecule has 2 saturated heterocycles. The maximum atomic E-state index is 12.4. The number of aryl methyl sites for hydroxylation is 1. The lowest BCUT2D eigenvalue weighted by molar-refractivity contribution is -0.138. The minimum Gasteiger partial charge on any atom is -0.392 e. The molecule has 23 heavy (non-hydrogen) atoms. The summed E-state index contributed by atoms with van der Waals surface area (Å²) in [5.41, 5.74) is -0.141. The fourth-order valence-corrected chi connectivity index (χ4v) is 3.69. The minimum absolute atomic E-state index is 0. The van der Waals surface area contributed by atoms with Gasteiger partial charge in [0.05, 0.1) is 6.10 Å². The number of nitrogens with one attached hydrogen (secondary N) is 1. The van der Waals surface area contributed by atoms with Crippen LogP contribution in [0.1, 0.15) is 32.1 Å². The highest BCUT2D eigenvalue weighted by molar-refractivity contribution is 5.85. The first-order valence-corrected chi connectivity index (χ1v) is 8.19. The number of halogens is 1. The molecule has 0 unspecified atom stereocenters. The number of nitrogens with zero attached hydrogens (tertiary/aromatic N) is 4. The number of hydrogen-bond acceptors (Lipinski definition) is 5. The van der Waals surface area contributed by atoms with Crippen molar-refractivity contribution in [2.45, 2.75) is 44.8 Å². The number of aromatic nitrogens is 3. The first-order valence-electron chi connectivity index (χ1n) is 8.19. The molecule has 3 heterocycles. The smallest absolute Gasteiger partial charge is 0.222 e. The van der Waals surface area contributed by atoms with Gasteiger partial charge in [-0.25, -0.2) is 4.98 Å². The summed E-state index contributed by atoms with van der Waals surface area (Å²) in [6.45, 7) is 3.90. The molecule has 0 aromatic carbocycles. The highest BCUT2D eigenvalue weighted by atomic mass is 35.5. The third kappa shape index (κ3) is 4.22. The summed E-state index contributed by atoms with van der Waals surface area (Å²) in [7, 11) is 0. The van der Waals surface area contributed by atoms with Crippen LogP contribution in [0.2, 0.25) is 0 Å². The third-order valence-electron chi connectivity index (χ3n) is 4.98. The Hall–Kier alpha value is -1.18. The lowest BCUT2D eigenvalue weighted by Crippen LogP contribution is -2.58. The van der Waals surface area contributed by atoms with E-state index in [0.717, 1.165) is 51.9 Å². The van der Waals surface area contributed by atoms with Gasteiger partial charge in [0.25, 0.3) is 0 Å². The van der Waals surface area contributed by atoms with Crippen molar-refractivity contribution in [3.63, 3.8) is 0 Å². The number of piperidine rings is 2. The Labute approximate surface area is 142 Å². The van der Waals surface area contributed by atoms with Gasteiger partial charge < -0.3 is 15.3 Å². The van der Waals surface area contributed by atoms with E-state index in [1.165, 1.54) is 6.33 Å². The van der Waals surface area contributed by atoms with Crippen LogP contribution in [0.25, 0.3) is 0 Å². The summed E-state index contributed by atoms with van der Waals surface area (Å²) in [5, 5.41) is 17.8. The molecule has 0 radical (unpaired) electrons. The molecular weight excluding hydrogens is 318 g/mol. The number of carbonyl (C=O) groups excluding carboxylic acids is 1. The average molecular weight is 344 g/mol. The molecule has 2 fully saturated rings. The van der Waals surface area contributed by atoms with Gasteiger partial charge in [-0.15, -0.1) is 12.4 Å². The molecule has 0 aliphatic carbocycles. The molecule has 3 rings (SSSR count). The summed E-state index contributed by atoms with van der Waals surface area (Å²) in [4.78, 5) is 18.3. The maximum absolute atomic E-state index is 12.4. The zero-order chi connectivity index (χ0) is 15.4. The number of aliphatic hydroxyl groups excluding tert-OH is 1. The Morgan fingerprint density at radius 1 is 1.48 bits per heavy atom. The van der Waals surface area contributed by atoms with Crippen molar-refractivity contribution < 1.29 is 9.90 Å². The zero-order valence-corrected chi connectivity index (χ0v) is 14.2. The van der Waals surface area contributed by atoms with Crippen molar-refractivity contribution >= 4 is 18.3 Å². The van der Waals surface area contributed by atoms with E-state index in [2.05, 4.69) is 15.4 Å². The van der Waals surface area contributed by atoms with Crippen LogP contribution in [0.4, 0.5) is 0 Å². The van der Waals surface area contributed by atoms with Crippen LogP contribution < -0.4 is 5.32 Å². The van der Waals surface area contributed by atoms with Gasteiger partial charge in [-0.05, 0) is 32.2 Å². The van der Waals surface area contributed by atoms with Crippen LogP contribution in [-0.2, 0) is 11.3 Å². The van der Waals surface area contributed by atoms with Gasteiger partial charge in [-0.3, -0.25) is 9.48 Å². The molecule has 1 spiro atoms. The molecule has 7 nitrogen and oxygen atoms in total. The summed E-state index contributed by atoms with van der Waals surface area (Å²) in [5.74, 6) is 0.192. The van der Waals surface area contributed by atoms with Crippen LogP contribution in [-0.4, -0.2) is 63.0 Å². The van der Waals surface area contributed by atoms with Gasteiger partial charge in [0.1, 0.15) is 12.7 Å². The van der Waals surface area contributed by atoms with Crippen molar-refractivity contribution in [1.82, 2.24) is 25.0 Å². The summed E-state index contributed by atoms with van der Waals surface area (Å²) >= 11 is 0. The molecule has 130 valence electrons. The average Bonchev–Trinajstić information content (AvgIpc) is 3.04. The molecular formula is C15H26ClN5O2. The molecule has 0 saturated carbocycles. The van der Waals surface area contributed by atoms with Crippen LogP contribution in [0.15, 0.2) is 12.7 Å². The number of aliphatic hydroxyl groups is 1. The van der Waals surface area contributed by atoms with Gasteiger partial charge in [0.15, 0.2) is 0 Å². The minimum atomic E-state index is -0.292. The number of hydrogen-bond donors (Lipinski definition) is 2. The largest absolute Gasteiger partial charge is 0.392 e. The fraction of sp³-hybridized carbons (Fsp3) is 0.800. The Morgan fingerprint density at radius 2 is 2.35 bits per heavy atom. The molecule has 0 bridgehead atoms. The van der Waals surface area contributed by atoms with Crippen molar-refractivity contribution in [2.75, 3.05) is 26.2 Å². The van der Waals surface area contributed by atoms with Gasteiger partial charge in [0, 0.05) is 38.0 Å². The van der Waals surface area contributed by atoms with E-state index in [9.17, 15) is 9.90 Å². The quantitative estimate of drug-likeness (QED) is 0.829. The second-order valence-corrected chi connectivity index (χ2v) is 6.52. The molecule has 2 aliphatic rings. The monoisotopic (exact) mass is 343 g/mol. The van der Waals surface area contributed by atoms with E-state index in [-0.39, 0.29) is 29.8 Å². The van der Waals surface area contributed by atoms with Crippen LogP contribution in [0.5, 0.6) is 0 Å². The second kappa shape index (κ2) is 8.08. The SMILES string of the molecule is Cl.O=C(CCCn1cncn1)N1CCC[C@]2(CNCC[C@@H]2O)C1. The van der Waals surface area contributed by atoms with Crippen molar-refractivity contribution in [3.8, 4) is 0 Å². The van der Waals surface area contributed by atoms with E-state index in [0.29, 0.717) is 13.0 Å². The molecule has 1 aromatic heterocycles. The molecule has 8 heteroatoms. The van der Waals surface area contributed by atoms with Crippen LogP contribution in [0, 0.1) is 5.41 Å². The van der Waals surface area contributed by atoms with Crippen LogP contribution in [0.3, 0.4) is 0 Å². The van der Waals surface area contributed by atoms with Gasteiger partial charge in [-0.1, -0.05) is 0 Å². The molecule has 2 aliphatic heterocycles. The molecule has 1 aromatic rings.